The van der Waals surface area contributed by atoms with Crippen molar-refractivity contribution in [2.24, 2.45) is 0 Å². The van der Waals surface area contributed by atoms with Crippen LogP contribution in [0.2, 0.25) is 0 Å². The van der Waals surface area contributed by atoms with E-state index in [0.29, 0.717) is 0 Å². The Hall–Kier alpha value is 0. The van der Waals surface area contributed by atoms with Crippen molar-refractivity contribution in [1.29, 1.82) is 0 Å². The lowest BCUT2D eigenvalue weighted by molar-refractivity contribution is 0.504. The summed E-state index contributed by atoms with van der Waals surface area (Å²) in [5, 5.41) is 0. The van der Waals surface area contributed by atoms with Gasteiger partial charge in [0, 0.05) is 0 Å². The fourth-order valence-electron chi connectivity index (χ4n) is 1.13. The Kier molecular flexibility index (Phi) is 3.82. The molecule has 0 bridgehead atoms. The molecule has 54 valence electrons. The lowest BCUT2D eigenvalue weighted by Crippen LogP contribution is -1.85. The van der Waals surface area contributed by atoms with Gasteiger partial charge in [-0.2, -0.15) is 0 Å². The topological polar surface area (TPSA) is 0 Å². The van der Waals surface area contributed by atoms with Gasteiger partial charge in [-0.05, 0) is 0 Å². The fourth-order valence-corrected chi connectivity index (χ4v) is 1.13. The molecular weight excluding hydrogens is 108 g/mol. The Morgan fingerprint density at radius 1 is 0.222 bits per heavy atom. The number of hydrogen-bond donors (Lipinski definition) is 0. The summed E-state index contributed by atoms with van der Waals surface area (Å²) < 4.78 is 0. The molecule has 0 radical (unpaired) electrons. The maximum absolute atomic E-state index is 1.50. The highest BCUT2D eigenvalue weighted by molar-refractivity contribution is 4.51. The summed E-state index contributed by atoms with van der Waals surface area (Å²) in [6.45, 7) is 0. The van der Waals surface area contributed by atoms with Gasteiger partial charge in [-0.15, -0.1) is 0 Å². The summed E-state index contributed by atoms with van der Waals surface area (Å²) >= 11 is 0. The molecule has 0 amide bonds. The second kappa shape index (κ2) is 4.84. The molecule has 9 heavy (non-hydrogen) atoms. The predicted octanol–water partition coefficient (Wildman–Crippen LogP) is 3.51. The summed E-state index contributed by atoms with van der Waals surface area (Å²) in [6, 6.07) is 0. The van der Waals surface area contributed by atoms with E-state index >= 15 is 0 Å². The van der Waals surface area contributed by atoms with Crippen LogP contribution in [0, 0.1) is 0 Å². The summed E-state index contributed by atoms with van der Waals surface area (Å²) in [6.07, 6.45) is 13.5. The van der Waals surface area contributed by atoms with Crippen LogP contribution in [0.15, 0.2) is 0 Å². The Morgan fingerprint density at radius 2 is 0.333 bits per heavy atom. The van der Waals surface area contributed by atoms with Gasteiger partial charge in [0.15, 0.2) is 0 Å². The smallest absolute Gasteiger partial charge is 0.0533 e. The second-order valence-corrected chi connectivity index (χ2v) is 3.18. The van der Waals surface area contributed by atoms with E-state index in [1.807, 2.05) is 0 Å². The van der Waals surface area contributed by atoms with E-state index in [9.17, 15) is 0 Å². The summed E-state index contributed by atoms with van der Waals surface area (Å²) in [5.74, 6) is 0. The molecule has 2 saturated carbocycles. The number of hydrogen-bond acceptors (Lipinski definition) is 0. The van der Waals surface area contributed by atoms with E-state index < -0.39 is 0 Å². The van der Waals surface area contributed by atoms with Crippen molar-refractivity contribution in [2.75, 3.05) is 0 Å². The fraction of sp³-hybridized carbons (Fsp3) is 1.00. The van der Waals surface area contributed by atoms with E-state index in [1.165, 1.54) is 57.8 Å². The van der Waals surface area contributed by atoms with E-state index in [0.717, 1.165) is 0 Å². The molecule has 0 aromatic heterocycles. The van der Waals surface area contributed by atoms with Crippen molar-refractivity contribution in [1.82, 2.24) is 0 Å². The van der Waals surface area contributed by atoms with Crippen LogP contribution in [0.4, 0.5) is 0 Å². The van der Waals surface area contributed by atoms with E-state index in [2.05, 4.69) is 0 Å². The maximum Gasteiger partial charge on any atom is -0.0533 e. The molecule has 0 atom stereocenters. The lowest BCUT2D eigenvalue weighted by atomic mass is 10.0. The molecule has 0 unspecified atom stereocenters. The molecule has 2 rings (SSSR count). The van der Waals surface area contributed by atoms with Gasteiger partial charge in [0.25, 0.3) is 0 Å². The lowest BCUT2D eigenvalue weighted by Gasteiger charge is -2.05. The largest absolute Gasteiger partial charge is 0.0533 e. The van der Waals surface area contributed by atoms with E-state index in [-0.39, 0.29) is 0 Å². The van der Waals surface area contributed by atoms with Gasteiger partial charge in [-0.25, -0.2) is 0 Å². The molecule has 0 aromatic carbocycles. The molecule has 0 spiro atoms. The molecule has 0 N–H and O–H groups in total. The van der Waals surface area contributed by atoms with Crippen molar-refractivity contribution >= 4 is 0 Å². The van der Waals surface area contributed by atoms with Crippen LogP contribution in [-0.2, 0) is 0 Å². The zero-order valence-electron chi connectivity index (χ0n) is 6.36. The van der Waals surface area contributed by atoms with Crippen molar-refractivity contribution in [3.05, 3.63) is 0 Å². The third-order valence-electron chi connectivity index (χ3n) is 2.25. The highest BCUT2D eigenvalue weighted by atomic mass is 14.0. The first-order valence-electron chi connectivity index (χ1n) is 4.50. The third kappa shape index (κ3) is 3.56. The van der Waals surface area contributed by atoms with Crippen molar-refractivity contribution in [3.63, 3.8) is 0 Å². The van der Waals surface area contributed by atoms with Gasteiger partial charge >= 0.3 is 0 Å². The van der Waals surface area contributed by atoms with Gasteiger partial charge < -0.3 is 0 Å². The minimum atomic E-state index is 1.50. The van der Waals surface area contributed by atoms with Gasteiger partial charge in [-0.3, -0.25) is 0 Å². The number of rotatable bonds is 0. The van der Waals surface area contributed by atoms with Crippen LogP contribution < -0.4 is 0 Å². The first-order valence-corrected chi connectivity index (χ1v) is 4.50. The third-order valence-corrected chi connectivity index (χ3v) is 2.25. The molecule has 2 fully saturated rings. The first kappa shape index (κ1) is 7.11. The molecule has 0 aromatic rings. The van der Waals surface area contributed by atoms with Crippen LogP contribution in [0.25, 0.3) is 0 Å². The minimum Gasteiger partial charge on any atom is -0.0533 e. The van der Waals surface area contributed by atoms with Crippen LogP contribution in [0.1, 0.15) is 57.8 Å². The SMILES string of the molecule is C1CCC1.C1CCCC1. The quantitative estimate of drug-likeness (QED) is 0.466. The molecule has 0 saturated heterocycles. The Labute approximate surface area is 58.7 Å². The normalized spacial score (nSPS) is 24.0. The molecule has 2 aliphatic rings. The molecule has 2 aliphatic carbocycles. The predicted molar refractivity (Wildman–Crippen MR) is 41.6 cm³/mol. The highest BCUT2D eigenvalue weighted by Gasteiger charge is 1.95. The highest BCUT2D eigenvalue weighted by Crippen LogP contribution is 2.15. The van der Waals surface area contributed by atoms with Crippen molar-refractivity contribution < 1.29 is 0 Å². The summed E-state index contributed by atoms with van der Waals surface area (Å²) in [5.41, 5.74) is 0. The molecule has 0 nitrogen and oxygen atoms in total. The van der Waals surface area contributed by atoms with Crippen LogP contribution in [0.5, 0.6) is 0 Å². The van der Waals surface area contributed by atoms with Gasteiger partial charge in [-0.1, -0.05) is 57.8 Å². The Bertz CT molecular complexity index is 37.4. The molecular formula is C9H18. The summed E-state index contributed by atoms with van der Waals surface area (Å²) in [7, 11) is 0. The second-order valence-electron chi connectivity index (χ2n) is 3.18. The van der Waals surface area contributed by atoms with Crippen molar-refractivity contribution in [3.8, 4) is 0 Å². The Balaban J connectivity index is 0.0000000922. The average molecular weight is 126 g/mol. The zero-order chi connectivity index (χ0) is 6.36. The standard InChI is InChI=1S/C5H10.C4H8/c1-2-4-5-3-1;1-2-4-3-1/h1-5H2;1-4H2. The average Bonchev–Trinajstić information content (AvgIpc) is 2.07. The summed E-state index contributed by atoms with van der Waals surface area (Å²) in [4.78, 5) is 0. The molecule has 0 heteroatoms. The van der Waals surface area contributed by atoms with Crippen molar-refractivity contribution in [2.45, 2.75) is 57.8 Å². The van der Waals surface area contributed by atoms with E-state index in [1.54, 1.807) is 0 Å². The molecule has 0 heterocycles. The first-order chi connectivity index (χ1) is 4.50. The van der Waals surface area contributed by atoms with Gasteiger partial charge in [0.05, 0.1) is 0 Å². The van der Waals surface area contributed by atoms with Crippen LogP contribution in [0.3, 0.4) is 0 Å². The maximum atomic E-state index is 1.50. The van der Waals surface area contributed by atoms with Crippen LogP contribution >= 0.6 is 0 Å². The molecule has 0 aliphatic heterocycles. The Morgan fingerprint density at radius 3 is 0.444 bits per heavy atom. The van der Waals surface area contributed by atoms with E-state index in [4.69, 9.17) is 0 Å². The zero-order valence-corrected chi connectivity index (χ0v) is 6.36. The minimum absolute atomic E-state index is 1.50. The van der Waals surface area contributed by atoms with Crippen LogP contribution in [-0.4, -0.2) is 0 Å². The van der Waals surface area contributed by atoms with Gasteiger partial charge in [0.2, 0.25) is 0 Å². The monoisotopic (exact) mass is 126 g/mol. The van der Waals surface area contributed by atoms with Gasteiger partial charge in [0.1, 0.15) is 0 Å².